The van der Waals surface area contributed by atoms with Gasteiger partial charge in [-0.2, -0.15) is 13.2 Å². The summed E-state index contributed by atoms with van der Waals surface area (Å²) in [5.41, 5.74) is 2.01. The van der Waals surface area contributed by atoms with Gasteiger partial charge >= 0.3 is 6.18 Å². The van der Waals surface area contributed by atoms with Gasteiger partial charge in [-0.15, -0.1) is 12.4 Å². The van der Waals surface area contributed by atoms with E-state index < -0.39 is 23.9 Å². The van der Waals surface area contributed by atoms with E-state index in [1.165, 1.54) is 12.1 Å². The Morgan fingerprint density at radius 1 is 1.19 bits per heavy atom. The lowest BCUT2D eigenvalue weighted by Gasteiger charge is -2.25. The molecule has 0 amide bonds. The first-order chi connectivity index (χ1) is 14.2. The number of carbonyl (C=O) groups is 1. The molecule has 1 aromatic carbocycles. The van der Waals surface area contributed by atoms with Gasteiger partial charge in [-0.3, -0.25) is 4.79 Å². The number of alkyl halides is 3. The number of ketones is 1. The lowest BCUT2D eigenvalue weighted by atomic mass is 9.86. The molecule has 4 unspecified atom stereocenters. The summed E-state index contributed by atoms with van der Waals surface area (Å²) < 4.78 is 43.7. The molecule has 3 N–H and O–H groups in total. The number of carbonyl (C=O) groups excluding carboxylic acids is 1. The smallest absolute Gasteiger partial charge is 0.416 e. The van der Waals surface area contributed by atoms with Crippen LogP contribution < -0.4 is 10.1 Å². The molecule has 4 rings (SSSR count). The Labute approximate surface area is 184 Å². The van der Waals surface area contributed by atoms with E-state index in [1.807, 2.05) is 13.0 Å². The van der Waals surface area contributed by atoms with Crippen molar-refractivity contribution in [1.29, 1.82) is 0 Å². The van der Waals surface area contributed by atoms with Gasteiger partial charge in [0.2, 0.25) is 0 Å². The number of rotatable bonds is 5. The summed E-state index contributed by atoms with van der Waals surface area (Å²) in [6.07, 6.45) is -2.85. The summed E-state index contributed by atoms with van der Waals surface area (Å²) in [6.45, 7) is 2.42. The third kappa shape index (κ3) is 5.07. The number of hydrogen-bond acceptors (Lipinski definition) is 4. The third-order valence-corrected chi connectivity index (χ3v) is 6.06. The van der Waals surface area contributed by atoms with Crippen molar-refractivity contribution in [3.63, 3.8) is 0 Å². The van der Waals surface area contributed by atoms with E-state index in [9.17, 15) is 23.1 Å². The number of fused-ring (bicyclic) bond motifs is 1. The number of aliphatic hydroxyl groups is 1. The largest absolute Gasteiger partial charge is 0.488 e. The Hall–Kier alpha value is -2.03. The number of aliphatic hydroxyl groups excluding tert-OH is 1. The topological polar surface area (TPSA) is 74.3 Å². The predicted octanol–water partition coefficient (Wildman–Crippen LogP) is 4.07. The Kier molecular flexibility index (Phi) is 7.03. The SMILES string of the molecule is Cc1cc2c([nH]1)CCC(CNC1CCC(Oc3ccc(C(F)(F)F)cc3)C1O)C2=O.Cl. The van der Waals surface area contributed by atoms with Crippen molar-refractivity contribution in [3.8, 4) is 5.75 Å². The number of H-pyrrole nitrogens is 1. The summed E-state index contributed by atoms with van der Waals surface area (Å²) in [6, 6.07) is 6.16. The first-order valence-corrected chi connectivity index (χ1v) is 10.2. The Morgan fingerprint density at radius 3 is 2.58 bits per heavy atom. The minimum absolute atomic E-state index is 0. The second kappa shape index (κ2) is 9.22. The highest BCUT2D eigenvalue weighted by molar-refractivity contribution is 6.00. The summed E-state index contributed by atoms with van der Waals surface area (Å²) in [7, 11) is 0. The number of benzene rings is 1. The zero-order chi connectivity index (χ0) is 21.5. The molecule has 1 fully saturated rings. The van der Waals surface area contributed by atoms with Crippen molar-refractivity contribution in [2.24, 2.45) is 5.92 Å². The van der Waals surface area contributed by atoms with Gasteiger partial charge in [0.05, 0.1) is 5.56 Å². The third-order valence-electron chi connectivity index (χ3n) is 6.06. The summed E-state index contributed by atoms with van der Waals surface area (Å²) in [4.78, 5) is 15.9. The molecule has 31 heavy (non-hydrogen) atoms. The molecule has 1 heterocycles. The maximum atomic E-state index is 12.7. The molecule has 4 atom stereocenters. The van der Waals surface area contributed by atoms with Crippen LogP contribution in [0.4, 0.5) is 13.2 Å². The van der Waals surface area contributed by atoms with Gasteiger partial charge in [0, 0.05) is 35.5 Å². The Balaban J connectivity index is 0.00000272. The van der Waals surface area contributed by atoms with E-state index in [0.29, 0.717) is 25.1 Å². The molecule has 1 saturated carbocycles. The number of aromatic amines is 1. The van der Waals surface area contributed by atoms with Gasteiger partial charge in [0.25, 0.3) is 0 Å². The highest BCUT2D eigenvalue weighted by Gasteiger charge is 2.38. The summed E-state index contributed by atoms with van der Waals surface area (Å²) >= 11 is 0. The minimum Gasteiger partial charge on any atom is -0.488 e. The first-order valence-electron chi connectivity index (χ1n) is 10.2. The molecule has 9 heteroatoms. The number of aromatic nitrogens is 1. The second-order valence-electron chi connectivity index (χ2n) is 8.21. The fourth-order valence-electron chi connectivity index (χ4n) is 4.41. The van der Waals surface area contributed by atoms with E-state index in [1.54, 1.807) is 0 Å². The lowest BCUT2D eigenvalue weighted by molar-refractivity contribution is -0.137. The maximum absolute atomic E-state index is 12.7. The molecule has 1 aromatic heterocycles. The maximum Gasteiger partial charge on any atom is 0.416 e. The number of hydrogen-bond donors (Lipinski definition) is 3. The molecule has 5 nitrogen and oxygen atoms in total. The van der Waals surface area contributed by atoms with Gasteiger partial charge in [-0.05, 0) is 62.9 Å². The zero-order valence-electron chi connectivity index (χ0n) is 17.0. The van der Waals surface area contributed by atoms with Gasteiger partial charge in [0.1, 0.15) is 18.0 Å². The average molecular weight is 459 g/mol. The minimum atomic E-state index is -4.39. The van der Waals surface area contributed by atoms with Crippen LogP contribution in [0.2, 0.25) is 0 Å². The van der Waals surface area contributed by atoms with Crippen LogP contribution in [0.5, 0.6) is 5.75 Å². The molecule has 0 saturated heterocycles. The molecule has 2 aromatic rings. The molecular formula is C22H26ClF3N2O3. The van der Waals surface area contributed by atoms with E-state index in [0.717, 1.165) is 41.9 Å². The summed E-state index contributed by atoms with van der Waals surface area (Å²) in [5, 5.41) is 13.9. The number of ether oxygens (including phenoxy) is 1. The van der Waals surface area contributed by atoms with E-state index in [2.05, 4.69) is 10.3 Å². The molecule has 2 aliphatic rings. The zero-order valence-corrected chi connectivity index (χ0v) is 17.9. The average Bonchev–Trinajstić information content (AvgIpc) is 3.24. The lowest BCUT2D eigenvalue weighted by Crippen LogP contribution is -2.44. The highest BCUT2D eigenvalue weighted by Crippen LogP contribution is 2.32. The molecule has 170 valence electrons. The van der Waals surface area contributed by atoms with Crippen molar-refractivity contribution in [1.82, 2.24) is 10.3 Å². The van der Waals surface area contributed by atoms with Crippen LogP contribution in [0.3, 0.4) is 0 Å². The normalized spacial score (nSPS) is 25.8. The number of halogens is 4. The van der Waals surface area contributed by atoms with Gasteiger partial charge in [0.15, 0.2) is 5.78 Å². The first kappa shape index (κ1) is 23.6. The van der Waals surface area contributed by atoms with Crippen LogP contribution in [0.1, 0.15) is 46.6 Å². The Bertz CT molecular complexity index is 914. The molecule has 0 spiro atoms. The quantitative estimate of drug-likeness (QED) is 0.631. The standard InChI is InChI=1S/C22H25F3N2O3.ClH/c1-12-10-16-17(27-12)7-2-13(20(16)28)11-26-18-8-9-19(21(18)29)30-15-5-3-14(4-6-15)22(23,24)25;/h3-6,10,13,18-19,21,26-27,29H,2,7-9,11H2,1H3;1H. The van der Waals surface area contributed by atoms with Crippen LogP contribution in [0, 0.1) is 12.8 Å². The van der Waals surface area contributed by atoms with Crippen LogP contribution in [0.25, 0.3) is 0 Å². The van der Waals surface area contributed by atoms with Crippen LogP contribution in [0.15, 0.2) is 30.3 Å². The van der Waals surface area contributed by atoms with E-state index in [4.69, 9.17) is 4.74 Å². The molecule has 0 radical (unpaired) electrons. The van der Waals surface area contributed by atoms with Gasteiger partial charge in [-0.25, -0.2) is 0 Å². The van der Waals surface area contributed by atoms with Crippen molar-refractivity contribution in [2.45, 2.75) is 57.0 Å². The van der Waals surface area contributed by atoms with E-state index >= 15 is 0 Å². The van der Waals surface area contributed by atoms with Crippen molar-refractivity contribution in [2.75, 3.05) is 6.54 Å². The predicted molar refractivity (Wildman–Crippen MR) is 112 cm³/mol. The van der Waals surface area contributed by atoms with Crippen LogP contribution in [-0.4, -0.2) is 40.7 Å². The van der Waals surface area contributed by atoms with Crippen molar-refractivity contribution >= 4 is 18.2 Å². The fourth-order valence-corrected chi connectivity index (χ4v) is 4.41. The van der Waals surface area contributed by atoms with Crippen LogP contribution >= 0.6 is 12.4 Å². The monoisotopic (exact) mass is 458 g/mol. The molecular weight excluding hydrogens is 433 g/mol. The van der Waals surface area contributed by atoms with Crippen LogP contribution in [-0.2, 0) is 12.6 Å². The highest BCUT2D eigenvalue weighted by atomic mass is 35.5. The summed E-state index contributed by atoms with van der Waals surface area (Å²) in [5.74, 6) is 0.290. The fraction of sp³-hybridized carbons (Fsp3) is 0.500. The number of Topliss-reactive ketones (excluding diaryl/α,β-unsaturated/α-hetero) is 1. The van der Waals surface area contributed by atoms with Gasteiger partial charge < -0.3 is 20.1 Å². The number of nitrogens with one attached hydrogen (secondary N) is 2. The second-order valence-corrected chi connectivity index (χ2v) is 8.21. The molecule has 0 aliphatic heterocycles. The Morgan fingerprint density at radius 2 is 1.90 bits per heavy atom. The molecule has 2 aliphatic carbocycles. The number of aryl methyl sites for hydroxylation is 2. The van der Waals surface area contributed by atoms with Gasteiger partial charge in [-0.1, -0.05) is 0 Å². The van der Waals surface area contributed by atoms with Crippen molar-refractivity contribution in [3.05, 3.63) is 52.8 Å². The van der Waals surface area contributed by atoms with Crippen molar-refractivity contribution < 1.29 is 27.8 Å². The van der Waals surface area contributed by atoms with E-state index in [-0.39, 0.29) is 30.2 Å². The molecule has 0 bridgehead atoms.